The van der Waals surface area contributed by atoms with E-state index < -0.39 is 0 Å². The molecular formula is C23H37N5O2. The number of morpholine rings is 1. The van der Waals surface area contributed by atoms with Gasteiger partial charge in [0.2, 0.25) is 0 Å². The van der Waals surface area contributed by atoms with E-state index in [0.717, 1.165) is 44.4 Å². The number of hydrogen-bond acceptors (Lipinski definition) is 4. The van der Waals surface area contributed by atoms with Gasteiger partial charge in [0.25, 0.3) is 5.91 Å². The fraction of sp³-hybridized carbons (Fsp3) is 0.652. The summed E-state index contributed by atoms with van der Waals surface area (Å²) in [5.74, 6) is 0.842. The Morgan fingerprint density at radius 2 is 1.77 bits per heavy atom. The zero-order valence-corrected chi connectivity index (χ0v) is 18.7. The van der Waals surface area contributed by atoms with Gasteiger partial charge in [0.1, 0.15) is 0 Å². The van der Waals surface area contributed by atoms with Crippen LogP contribution in [-0.2, 0) is 11.3 Å². The summed E-state index contributed by atoms with van der Waals surface area (Å²) in [4.78, 5) is 20.7. The summed E-state index contributed by atoms with van der Waals surface area (Å²) in [6.07, 6.45) is 6.40. The Hall–Kier alpha value is -2.12. The molecule has 2 N–H and O–H groups in total. The van der Waals surface area contributed by atoms with Crippen LogP contribution in [0.3, 0.4) is 0 Å². The third-order valence-electron chi connectivity index (χ3n) is 6.34. The summed E-state index contributed by atoms with van der Waals surface area (Å²) in [5.41, 5.74) is 2.03. The van der Waals surface area contributed by atoms with Crippen LogP contribution < -0.4 is 10.6 Å². The third-order valence-corrected chi connectivity index (χ3v) is 6.34. The summed E-state index contributed by atoms with van der Waals surface area (Å²) < 4.78 is 5.58. The van der Waals surface area contributed by atoms with Gasteiger partial charge in [0.05, 0.1) is 13.2 Å². The molecule has 0 spiro atoms. The number of aliphatic imine (C=N–C) groups is 1. The maximum absolute atomic E-state index is 12.0. The number of nitrogens with zero attached hydrogens (tertiary/aromatic N) is 3. The van der Waals surface area contributed by atoms with Crippen LogP contribution in [-0.4, -0.2) is 81.2 Å². The molecule has 1 heterocycles. The van der Waals surface area contributed by atoms with Crippen LogP contribution in [0.15, 0.2) is 29.3 Å². The van der Waals surface area contributed by atoms with Crippen LogP contribution >= 0.6 is 0 Å². The van der Waals surface area contributed by atoms with Crippen molar-refractivity contribution in [3.8, 4) is 0 Å². The van der Waals surface area contributed by atoms with Gasteiger partial charge in [0, 0.05) is 58.4 Å². The molecule has 166 valence electrons. The number of guanidine groups is 1. The van der Waals surface area contributed by atoms with E-state index in [0.29, 0.717) is 12.1 Å². The van der Waals surface area contributed by atoms with E-state index in [1.807, 2.05) is 31.3 Å². The highest BCUT2D eigenvalue weighted by atomic mass is 16.5. The SMILES string of the molecule is CN=C(NCc1ccc(C(=O)N(C)C)cc1)NCC1(N2CCOCC2)CCCCC1. The van der Waals surface area contributed by atoms with Gasteiger partial charge in [-0.3, -0.25) is 14.7 Å². The van der Waals surface area contributed by atoms with E-state index in [1.165, 1.54) is 32.1 Å². The number of hydrogen-bond donors (Lipinski definition) is 2. The molecule has 1 saturated heterocycles. The average molecular weight is 416 g/mol. The fourth-order valence-corrected chi connectivity index (χ4v) is 4.53. The second-order valence-corrected chi connectivity index (χ2v) is 8.56. The number of benzene rings is 1. The molecule has 1 aliphatic heterocycles. The molecule has 1 aromatic rings. The number of carbonyl (C=O) groups excluding carboxylic acids is 1. The molecular weight excluding hydrogens is 378 g/mol. The number of carbonyl (C=O) groups is 1. The predicted molar refractivity (Wildman–Crippen MR) is 121 cm³/mol. The van der Waals surface area contributed by atoms with Crippen molar-refractivity contribution >= 4 is 11.9 Å². The van der Waals surface area contributed by atoms with Gasteiger partial charge in [-0.25, -0.2) is 0 Å². The van der Waals surface area contributed by atoms with Crippen molar-refractivity contribution in [1.82, 2.24) is 20.4 Å². The lowest BCUT2D eigenvalue weighted by atomic mass is 9.80. The molecule has 0 aromatic heterocycles. The Kier molecular flexibility index (Phi) is 8.10. The van der Waals surface area contributed by atoms with Gasteiger partial charge >= 0.3 is 0 Å². The molecule has 30 heavy (non-hydrogen) atoms. The first kappa shape index (κ1) is 22.6. The summed E-state index contributed by atoms with van der Waals surface area (Å²) in [7, 11) is 5.35. The van der Waals surface area contributed by atoms with E-state index in [4.69, 9.17) is 4.74 Å². The highest BCUT2D eigenvalue weighted by Gasteiger charge is 2.38. The van der Waals surface area contributed by atoms with E-state index in [1.54, 1.807) is 19.0 Å². The van der Waals surface area contributed by atoms with Crippen molar-refractivity contribution in [2.24, 2.45) is 4.99 Å². The second-order valence-electron chi connectivity index (χ2n) is 8.56. The van der Waals surface area contributed by atoms with E-state index >= 15 is 0 Å². The van der Waals surface area contributed by atoms with Crippen LogP contribution in [0.25, 0.3) is 0 Å². The minimum absolute atomic E-state index is 0.0212. The van der Waals surface area contributed by atoms with Crippen molar-refractivity contribution in [1.29, 1.82) is 0 Å². The zero-order valence-electron chi connectivity index (χ0n) is 18.7. The van der Waals surface area contributed by atoms with Gasteiger partial charge in [-0.2, -0.15) is 0 Å². The van der Waals surface area contributed by atoms with Crippen LogP contribution in [0.4, 0.5) is 0 Å². The molecule has 1 aliphatic carbocycles. The summed E-state index contributed by atoms with van der Waals surface area (Å²) in [6, 6.07) is 7.75. The normalized spacial score (nSPS) is 19.9. The average Bonchev–Trinajstić information content (AvgIpc) is 2.80. The maximum atomic E-state index is 12.0. The monoisotopic (exact) mass is 415 g/mol. The Bertz CT molecular complexity index is 705. The highest BCUT2D eigenvalue weighted by molar-refractivity contribution is 5.93. The lowest BCUT2D eigenvalue weighted by molar-refractivity contribution is -0.0352. The lowest BCUT2D eigenvalue weighted by Gasteiger charge is -2.48. The minimum atomic E-state index is 0.0212. The number of rotatable bonds is 6. The van der Waals surface area contributed by atoms with Gasteiger partial charge in [-0.05, 0) is 30.5 Å². The van der Waals surface area contributed by atoms with Crippen molar-refractivity contribution < 1.29 is 9.53 Å². The quantitative estimate of drug-likeness (QED) is 0.550. The van der Waals surface area contributed by atoms with Crippen LogP contribution in [0.1, 0.15) is 48.0 Å². The lowest BCUT2D eigenvalue weighted by Crippen LogP contribution is -2.60. The summed E-state index contributed by atoms with van der Waals surface area (Å²) >= 11 is 0. The first-order valence-corrected chi connectivity index (χ1v) is 11.1. The molecule has 0 unspecified atom stereocenters. The molecule has 1 saturated carbocycles. The van der Waals surface area contributed by atoms with Crippen LogP contribution in [0.5, 0.6) is 0 Å². The van der Waals surface area contributed by atoms with Gasteiger partial charge in [-0.1, -0.05) is 31.4 Å². The van der Waals surface area contributed by atoms with Crippen LogP contribution in [0.2, 0.25) is 0 Å². The highest BCUT2D eigenvalue weighted by Crippen LogP contribution is 2.33. The van der Waals surface area contributed by atoms with E-state index in [2.05, 4.69) is 20.5 Å². The molecule has 7 nitrogen and oxygen atoms in total. The number of ether oxygens (including phenoxy) is 1. The molecule has 0 radical (unpaired) electrons. The Morgan fingerprint density at radius 3 is 2.37 bits per heavy atom. The molecule has 1 aromatic carbocycles. The van der Waals surface area contributed by atoms with Crippen molar-refractivity contribution in [3.63, 3.8) is 0 Å². The molecule has 0 atom stereocenters. The minimum Gasteiger partial charge on any atom is -0.379 e. The Balaban J connectivity index is 1.55. The maximum Gasteiger partial charge on any atom is 0.253 e. The smallest absolute Gasteiger partial charge is 0.253 e. The van der Waals surface area contributed by atoms with Gasteiger partial charge in [-0.15, -0.1) is 0 Å². The van der Waals surface area contributed by atoms with E-state index in [9.17, 15) is 4.79 Å². The van der Waals surface area contributed by atoms with Gasteiger partial charge in [0.15, 0.2) is 5.96 Å². The van der Waals surface area contributed by atoms with Crippen molar-refractivity contribution in [2.75, 3.05) is 54.0 Å². The molecule has 3 rings (SSSR count). The fourth-order valence-electron chi connectivity index (χ4n) is 4.53. The first-order valence-electron chi connectivity index (χ1n) is 11.1. The van der Waals surface area contributed by atoms with Crippen molar-refractivity contribution in [2.45, 2.75) is 44.2 Å². The Labute approximate surface area is 180 Å². The zero-order chi connectivity index (χ0) is 21.4. The largest absolute Gasteiger partial charge is 0.379 e. The predicted octanol–water partition coefficient (Wildman–Crippen LogP) is 2.09. The summed E-state index contributed by atoms with van der Waals surface area (Å²) in [6.45, 7) is 5.28. The second kappa shape index (κ2) is 10.8. The molecule has 7 heteroatoms. The Morgan fingerprint density at radius 1 is 1.10 bits per heavy atom. The number of nitrogens with one attached hydrogen (secondary N) is 2. The van der Waals surface area contributed by atoms with Crippen LogP contribution in [0, 0.1) is 0 Å². The molecule has 1 amide bonds. The van der Waals surface area contributed by atoms with Gasteiger partial charge < -0.3 is 20.3 Å². The van der Waals surface area contributed by atoms with Crippen molar-refractivity contribution in [3.05, 3.63) is 35.4 Å². The topological polar surface area (TPSA) is 69.2 Å². The first-order chi connectivity index (χ1) is 14.5. The molecule has 0 bridgehead atoms. The molecule has 2 aliphatic rings. The number of amides is 1. The standard InChI is InChI=1S/C23H37N5O2/c1-24-22(25-17-19-7-9-20(10-8-19)21(29)27(2)3)26-18-23(11-5-4-6-12-23)28-13-15-30-16-14-28/h7-10H,4-6,11-18H2,1-3H3,(H2,24,25,26). The molecule has 2 fully saturated rings. The third kappa shape index (κ3) is 5.73. The summed E-state index contributed by atoms with van der Waals surface area (Å²) in [5, 5.41) is 7.00. The van der Waals surface area contributed by atoms with E-state index in [-0.39, 0.29) is 11.4 Å².